The highest BCUT2D eigenvalue weighted by molar-refractivity contribution is 7.17. The number of fused-ring (bicyclic) bond motifs is 1. The molecular weight excluding hydrogens is 619 g/mol. The van der Waals surface area contributed by atoms with Crippen LogP contribution in [0, 0.1) is 0 Å². The third kappa shape index (κ3) is 7.00. The van der Waals surface area contributed by atoms with Crippen molar-refractivity contribution in [2.24, 2.45) is 10.2 Å². The molecule has 3 aromatic rings. The van der Waals surface area contributed by atoms with Crippen LogP contribution in [0.1, 0.15) is 42.3 Å². The van der Waals surface area contributed by atoms with Crippen LogP contribution in [0.25, 0.3) is 5.57 Å². The van der Waals surface area contributed by atoms with Gasteiger partial charge in [0.15, 0.2) is 5.13 Å². The number of halogens is 4. The van der Waals surface area contributed by atoms with Crippen molar-refractivity contribution in [3.63, 3.8) is 0 Å². The van der Waals surface area contributed by atoms with Crippen molar-refractivity contribution < 1.29 is 32.5 Å². The molecule has 9 nitrogen and oxygen atoms in total. The highest BCUT2D eigenvalue weighted by Gasteiger charge is 2.36. The van der Waals surface area contributed by atoms with Crippen LogP contribution in [0.4, 0.5) is 23.1 Å². The summed E-state index contributed by atoms with van der Waals surface area (Å²) >= 11 is 7.11. The van der Waals surface area contributed by atoms with Gasteiger partial charge in [-0.3, -0.25) is 4.90 Å². The molecule has 2 aliphatic rings. The summed E-state index contributed by atoms with van der Waals surface area (Å²) in [5.74, 6) is -0.306. The van der Waals surface area contributed by atoms with Gasteiger partial charge in [0.2, 0.25) is 5.88 Å². The standard InChI is InChI=1S/C30H31ClF3N5O4S/c1-29(2,3)43-28(41)39-10-9-38(15-21(39)16-42-4)27-36-26(40)25(44-27)22(17-6-8-24-19(11-17)14-35-37-24)12-18-5-7-20(31)13-23(18)30(32,33)34/h5-8,11,13-14,21,40H,9-10,12,15-16H2,1-4H3/t21-/m1/s1. The number of benzene rings is 2. The monoisotopic (exact) mass is 649 g/mol. The van der Waals surface area contributed by atoms with Crippen LogP contribution in [0.15, 0.2) is 46.6 Å². The summed E-state index contributed by atoms with van der Waals surface area (Å²) < 4.78 is 53.1. The summed E-state index contributed by atoms with van der Waals surface area (Å²) in [6, 6.07) is 8.55. The van der Waals surface area contributed by atoms with Crippen molar-refractivity contribution in [1.29, 1.82) is 0 Å². The highest BCUT2D eigenvalue weighted by Crippen LogP contribution is 2.40. The lowest BCUT2D eigenvalue weighted by molar-refractivity contribution is -0.138. The van der Waals surface area contributed by atoms with E-state index >= 15 is 0 Å². The van der Waals surface area contributed by atoms with Gasteiger partial charge in [0.05, 0.1) is 34.7 Å². The molecule has 3 heterocycles. The van der Waals surface area contributed by atoms with Crippen LogP contribution >= 0.6 is 22.9 Å². The first-order valence-corrected chi connectivity index (χ1v) is 15.0. The average Bonchev–Trinajstić information content (AvgIpc) is 3.57. The van der Waals surface area contributed by atoms with E-state index in [2.05, 4.69) is 15.2 Å². The number of methoxy groups -OCH3 is 1. The molecule has 0 spiro atoms. The number of hydrogen-bond donors (Lipinski definition) is 1. The summed E-state index contributed by atoms with van der Waals surface area (Å²) in [6.45, 7) is 6.70. The fraction of sp³-hybridized carbons (Fsp3) is 0.400. The predicted octanol–water partition coefficient (Wildman–Crippen LogP) is 5.00. The normalized spacial score (nSPS) is 17.4. The topological polar surface area (TPSA) is 99.9 Å². The Morgan fingerprint density at radius 3 is 2.64 bits per heavy atom. The molecule has 0 radical (unpaired) electrons. The number of aromatic hydroxyl groups is 1. The van der Waals surface area contributed by atoms with E-state index in [-0.39, 0.29) is 35.5 Å². The van der Waals surface area contributed by atoms with Crippen LogP contribution in [-0.2, 0) is 22.1 Å². The van der Waals surface area contributed by atoms with E-state index in [1.165, 1.54) is 23.5 Å². The smallest absolute Gasteiger partial charge is 0.416 e. The Kier molecular flexibility index (Phi) is 8.92. The van der Waals surface area contributed by atoms with Crippen molar-refractivity contribution in [2.75, 3.05) is 38.3 Å². The molecule has 0 bridgehead atoms. The summed E-state index contributed by atoms with van der Waals surface area (Å²) in [6.07, 6.45) is -3.68. The predicted molar refractivity (Wildman–Crippen MR) is 162 cm³/mol. The van der Waals surface area contributed by atoms with Crippen molar-refractivity contribution in [3.05, 3.63) is 73.6 Å². The van der Waals surface area contributed by atoms with Crippen molar-refractivity contribution in [1.82, 2.24) is 9.88 Å². The summed E-state index contributed by atoms with van der Waals surface area (Å²) in [5.41, 5.74) is -0.372. The van der Waals surface area contributed by atoms with Crippen LogP contribution < -0.4 is 15.5 Å². The van der Waals surface area contributed by atoms with E-state index in [1.807, 2.05) is 4.90 Å². The zero-order valence-corrected chi connectivity index (χ0v) is 26.1. The average molecular weight is 650 g/mol. The van der Waals surface area contributed by atoms with E-state index in [4.69, 9.17) is 21.1 Å². The lowest BCUT2D eigenvalue weighted by Crippen LogP contribution is -2.57. The molecule has 0 aliphatic carbocycles. The van der Waals surface area contributed by atoms with E-state index < -0.39 is 23.4 Å². The maximum Gasteiger partial charge on any atom is 0.416 e. The number of carbonyl (C=O) groups excluding carboxylic acids is 1. The molecule has 1 aromatic heterocycles. The van der Waals surface area contributed by atoms with Gasteiger partial charge in [-0.05, 0) is 61.4 Å². The van der Waals surface area contributed by atoms with Crippen LogP contribution in [0.3, 0.4) is 0 Å². The molecule has 1 fully saturated rings. The van der Waals surface area contributed by atoms with E-state index in [0.29, 0.717) is 51.4 Å². The number of rotatable bonds is 6. The van der Waals surface area contributed by atoms with Gasteiger partial charge >= 0.3 is 12.3 Å². The van der Waals surface area contributed by atoms with Gasteiger partial charge in [-0.2, -0.15) is 28.4 Å². The molecule has 1 amide bonds. The summed E-state index contributed by atoms with van der Waals surface area (Å²) in [4.78, 5) is 21.2. The van der Waals surface area contributed by atoms with Gasteiger partial charge < -0.3 is 19.5 Å². The second-order valence-corrected chi connectivity index (χ2v) is 12.9. The summed E-state index contributed by atoms with van der Waals surface area (Å²) in [5, 5.41) is 20.8. The zero-order chi connectivity index (χ0) is 31.8. The largest absolute Gasteiger partial charge is 0.492 e. The third-order valence-corrected chi connectivity index (χ3v) is 8.50. The minimum Gasteiger partial charge on any atom is -0.492 e. The van der Waals surface area contributed by atoms with Gasteiger partial charge in [-0.1, -0.05) is 35.1 Å². The number of carbonyl (C=O) groups is 1. The quantitative estimate of drug-likeness (QED) is 0.404. The second kappa shape index (κ2) is 12.4. The first kappa shape index (κ1) is 31.7. The molecule has 1 atom stereocenters. The molecule has 234 valence electrons. The Bertz CT molecular complexity index is 1720. The molecule has 1 saturated heterocycles. The zero-order valence-electron chi connectivity index (χ0n) is 24.5. The number of ether oxygens (including phenoxy) is 2. The molecule has 0 unspecified atom stereocenters. The number of aromatic nitrogens is 1. The fourth-order valence-corrected chi connectivity index (χ4v) is 6.35. The van der Waals surface area contributed by atoms with Crippen LogP contribution in [-0.4, -0.2) is 72.3 Å². The Labute approximate surface area is 260 Å². The highest BCUT2D eigenvalue weighted by atomic mass is 35.5. The van der Waals surface area contributed by atoms with Crippen LogP contribution in [0.2, 0.25) is 5.02 Å². The Hall–Kier alpha value is -3.68. The number of nitrogens with zero attached hydrogens (tertiary/aromatic N) is 5. The lowest BCUT2D eigenvalue weighted by Gasteiger charge is -2.41. The number of amides is 1. The fourth-order valence-electron chi connectivity index (χ4n) is 5.12. The number of anilines is 1. The SMILES string of the molecule is COC[C@H]1CN(c2nc(O)c(C(Cc3ccc(Cl)cc3C(F)(F)F)=c3ccc4c(c3)C=NN=4)s2)CCN1C(=O)OC(C)(C)C. The van der Waals surface area contributed by atoms with Gasteiger partial charge in [0.1, 0.15) is 5.60 Å². The van der Waals surface area contributed by atoms with Gasteiger partial charge in [0, 0.05) is 43.8 Å². The molecule has 2 aliphatic heterocycles. The minimum atomic E-state index is -4.64. The Morgan fingerprint density at radius 1 is 1.16 bits per heavy atom. The van der Waals surface area contributed by atoms with Gasteiger partial charge in [-0.15, -0.1) is 0 Å². The molecule has 2 aromatic carbocycles. The minimum absolute atomic E-state index is 0.00348. The van der Waals surface area contributed by atoms with Gasteiger partial charge in [0.25, 0.3) is 0 Å². The van der Waals surface area contributed by atoms with E-state index in [9.17, 15) is 23.1 Å². The van der Waals surface area contributed by atoms with Crippen molar-refractivity contribution in [3.8, 4) is 5.88 Å². The molecule has 14 heteroatoms. The number of hydrogen-bond acceptors (Lipinski definition) is 9. The first-order chi connectivity index (χ1) is 20.7. The van der Waals surface area contributed by atoms with Crippen molar-refractivity contribution in [2.45, 2.75) is 45.0 Å². The summed E-state index contributed by atoms with van der Waals surface area (Å²) in [7, 11) is 1.54. The Morgan fingerprint density at radius 2 is 1.93 bits per heavy atom. The molecule has 1 N–H and O–H groups in total. The van der Waals surface area contributed by atoms with Crippen molar-refractivity contribution >= 4 is 46.0 Å². The van der Waals surface area contributed by atoms with Gasteiger partial charge in [-0.25, -0.2) is 4.79 Å². The van der Waals surface area contributed by atoms with E-state index in [1.54, 1.807) is 57.2 Å². The second-order valence-electron chi connectivity index (χ2n) is 11.5. The van der Waals surface area contributed by atoms with Crippen LogP contribution in [0.5, 0.6) is 5.88 Å². The maximum atomic E-state index is 14.1. The lowest BCUT2D eigenvalue weighted by atomic mass is 9.96. The number of thiazole rings is 1. The van der Waals surface area contributed by atoms with E-state index in [0.717, 1.165) is 6.07 Å². The molecule has 0 saturated carbocycles. The molecule has 44 heavy (non-hydrogen) atoms. The third-order valence-electron chi connectivity index (χ3n) is 7.10. The maximum absolute atomic E-state index is 14.1. The number of piperazine rings is 1. The molecule has 5 rings (SSSR count). The number of alkyl halides is 3. The first-order valence-electron chi connectivity index (χ1n) is 13.8. The Balaban J connectivity index is 1.53. The molecular formula is C30H31ClF3N5O4S.